The summed E-state index contributed by atoms with van der Waals surface area (Å²) in [6, 6.07) is 23.0. The Bertz CT molecular complexity index is 1210. The molecule has 0 saturated carbocycles. The number of thioether (sulfide) groups is 1. The average Bonchev–Trinajstić information content (AvgIpc) is 3.31. The van der Waals surface area contributed by atoms with E-state index >= 15 is 0 Å². The molecule has 8 nitrogen and oxygen atoms in total. The van der Waals surface area contributed by atoms with E-state index < -0.39 is 4.92 Å². The van der Waals surface area contributed by atoms with Crippen LogP contribution in [0.5, 0.6) is 0 Å². The average molecular weight is 446 g/mol. The van der Waals surface area contributed by atoms with E-state index in [0.717, 1.165) is 16.7 Å². The number of carbonyl (C=O) groups excluding carboxylic acids is 1. The van der Waals surface area contributed by atoms with Crippen LogP contribution >= 0.6 is 11.8 Å². The summed E-state index contributed by atoms with van der Waals surface area (Å²) in [6.07, 6.45) is 0. The van der Waals surface area contributed by atoms with E-state index in [1.165, 1.54) is 23.9 Å². The van der Waals surface area contributed by atoms with E-state index in [1.54, 1.807) is 24.3 Å². The molecular weight excluding hydrogens is 428 g/mol. The van der Waals surface area contributed by atoms with Crippen molar-refractivity contribution in [1.29, 1.82) is 0 Å². The van der Waals surface area contributed by atoms with Gasteiger partial charge in [-0.3, -0.25) is 14.9 Å². The van der Waals surface area contributed by atoms with Crippen molar-refractivity contribution in [3.63, 3.8) is 0 Å². The fourth-order valence-corrected chi connectivity index (χ4v) is 3.69. The van der Waals surface area contributed by atoms with Gasteiger partial charge < -0.3 is 9.73 Å². The molecule has 0 aliphatic heterocycles. The molecule has 0 aliphatic rings. The minimum atomic E-state index is -0.434. The molecule has 0 saturated heterocycles. The van der Waals surface area contributed by atoms with Gasteiger partial charge in [-0.1, -0.05) is 30.3 Å². The van der Waals surface area contributed by atoms with E-state index in [9.17, 15) is 14.9 Å². The number of nitro benzene ring substituents is 1. The van der Waals surface area contributed by atoms with Gasteiger partial charge in [-0.2, -0.15) is 0 Å². The first-order chi connectivity index (χ1) is 15.6. The number of non-ortho nitro benzene ring substituents is 1. The Labute approximate surface area is 187 Å². The highest BCUT2D eigenvalue weighted by molar-refractivity contribution is 7.99. The van der Waals surface area contributed by atoms with Crippen LogP contribution in [0, 0.1) is 10.1 Å². The van der Waals surface area contributed by atoms with Crippen LogP contribution in [-0.2, 0) is 10.5 Å². The molecule has 160 valence electrons. The maximum Gasteiger partial charge on any atom is 0.269 e. The third-order valence-corrected chi connectivity index (χ3v) is 5.51. The van der Waals surface area contributed by atoms with Crippen LogP contribution in [-0.4, -0.2) is 26.8 Å². The number of nitrogens with zero attached hydrogens (tertiary/aromatic N) is 3. The molecule has 0 spiro atoms. The number of nitro groups is 1. The summed E-state index contributed by atoms with van der Waals surface area (Å²) in [5, 5.41) is 21.7. The summed E-state index contributed by atoms with van der Waals surface area (Å²) in [6.45, 7) is 0. The fraction of sp³-hybridized carbons (Fsp3) is 0.0870. The predicted molar refractivity (Wildman–Crippen MR) is 123 cm³/mol. The van der Waals surface area contributed by atoms with Gasteiger partial charge in [0.15, 0.2) is 0 Å². The van der Waals surface area contributed by atoms with Gasteiger partial charge in [0.05, 0.1) is 10.7 Å². The highest BCUT2D eigenvalue weighted by Crippen LogP contribution is 2.25. The van der Waals surface area contributed by atoms with E-state index in [-0.39, 0.29) is 17.3 Å². The molecule has 1 aromatic heterocycles. The molecule has 0 bridgehead atoms. The summed E-state index contributed by atoms with van der Waals surface area (Å²) < 4.78 is 5.74. The van der Waals surface area contributed by atoms with Gasteiger partial charge in [-0.15, -0.1) is 22.0 Å². The molecule has 4 aromatic rings. The lowest BCUT2D eigenvalue weighted by Gasteiger charge is -2.06. The lowest BCUT2D eigenvalue weighted by Crippen LogP contribution is -2.14. The minimum Gasteiger partial charge on any atom is -0.416 e. The lowest BCUT2D eigenvalue weighted by atomic mass is 10.2. The molecule has 0 unspecified atom stereocenters. The molecule has 4 rings (SSSR count). The van der Waals surface area contributed by atoms with Crippen LogP contribution in [0.3, 0.4) is 0 Å². The van der Waals surface area contributed by atoms with Gasteiger partial charge in [-0.25, -0.2) is 0 Å². The number of rotatable bonds is 8. The molecular formula is C23H18N4O4S. The van der Waals surface area contributed by atoms with Crippen molar-refractivity contribution in [1.82, 2.24) is 10.2 Å². The van der Waals surface area contributed by atoms with Crippen LogP contribution in [0.1, 0.15) is 5.56 Å². The molecule has 1 amide bonds. The number of hydrogen-bond donors (Lipinski definition) is 1. The van der Waals surface area contributed by atoms with Crippen LogP contribution in [0.4, 0.5) is 11.4 Å². The Morgan fingerprint density at radius 2 is 1.53 bits per heavy atom. The SMILES string of the molecule is O=C(CSCc1ccc([N+](=O)[O-])cc1)Nc1ccc(-c2nnc(-c3ccccc3)o2)cc1. The van der Waals surface area contributed by atoms with Gasteiger partial charge >= 0.3 is 0 Å². The molecule has 9 heteroatoms. The first-order valence-electron chi connectivity index (χ1n) is 9.69. The Kier molecular flexibility index (Phi) is 6.57. The topological polar surface area (TPSA) is 111 Å². The van der Waals surface area contributed by atoms with Gasteiger partial charge in [0.1, 0.15) is 0 Å². The van der Waals surface area contributed by atoms with Crippen LogP contribution in [0.2, 0.25) is 0 Å². The monoisotopic (exact) mass is 446 g/mol. The standard InChI is InChI=1S/C23H18N4O4S/c28-21(15-32-14-16-6-12-20(13-7-16)27(29)30)24-19-10-8-18(9-11-19)23-26-25-22(31-23)17-4-2-1-3-5-17/h1-13H,14-15H2,(H,24,28). The third kappa shape index (κ3) is 5.38. The fourth-order valence-electron chi connectivity index (χ4n) is 2.91. The lowest BCUT2D eigenvalue weighted by molar-refractivity contribution is -0.384. The Morgan fingerprint density at radius 1 is 0.906 bits per heavy atom. The highest BCUT2D eigenvalue weighted by Gasteiger charge is 2.11. The molecule has 1 heterocycles. The van der Waals surface area contributed by atoms with Crippen LogP contribution < -0.4 is 5.32 Å². The number of anilines is 1. The second-order valence-corrected chi connectivity index (χ2v) is 7.81. The first-order valence-corrected chi connectivity index (χ1v) is 10.8. The maximum atomic E-state index is 12.2. The summed E-state index contributed by atoms with van der Waals surface area (Å²) in [4.78, 5) is 22.5. The van der Waals surface area contributed by atoms with Crippen molar-refractivity contribution >= 4 is 29.0 Å². The molecule has 3 aromatic carbocycles. The molecule has 32 heavy (non-hydrogen) atoms. The Hall–Kier alpha value is -3.98. The second-order valence-electron chi connectivity index (χ2n) is 6.82. The number of benzene rings is 3. The summed E-state index contributed by atoms with van der Waals surface area (Å²) in [7, 11) is 0. The van der Waals surface area contributed by atoms with E-state index in [0.29, 0.717) is 23.2 Å². The zero-order chi connectivity index (χ0) is 22.3. The smallest absolute Gasteiger partial charge is 0.269 e. The van der Waals surface area contributed by atoms with Gasteiger partial charge in [0.25, 0.3) is 5.69 Å². The third-order valence-electron chi connectivity index (χ3n) is 4.51. The van der Waals surface area contributed by atoms with Crippen LogP contribution in [0.15, 0.2) is 83.3 Å². The largest absolute Gasteiger partial charge is 0.416 e. The number of hydrogen-bond acceptors (Lipinski definition) is 7. The molecule has 0 atom stereocenters. The van der Waals surface area contributed by atoms with Crippen molar-refractivity contribution in [3.8, 4) is 22.9 Å². The molecule has 0 aliphatic carbocycles. The zero-order valence-corrected chi connectivity index (χ0v) is 17.6. The van der Waals surface area contributed by atoms with Crippen LogP contribution in [0.25, 0.3) is 22.9 Å². The van der Waals surface area contributed by atoms with Gasteiger partial charge in [0.2, 0.25) is 17.7 Å². The Balaban J connectivity index is 1.28. The Morgan fingerprint density at radius 3 is 2.16 bits per heavy atom. The predicted octanol–water partition coefficient (Wildman–Crippen LogP) is 5.18. The maximum absolute atomic E-state index is 12.2. The second kappa shape index (κ2) is 9.88. The number of nitrogens with one attached hydrogen (secondary N) is 1. The van der Waals surface area contributed by atoms with Crippen molar-refractivity contribution in [2.75, 3.05) is 11.1 Å². The van der Waals surface area contributed by atoms with Gasteiger partial charge in [-0.05, 0) is 42.0 Å². The zero-order valence-electron chi connectivity index (χ0n) is 16.8. The van der Waals surface area contributed by atoms with E-state index in [2.05, 4.69) is 15.5 Å². The van der Waals surface area contributed by atoms with E-state index in [1.807, 2.05) is 42.5 Å². The number of carbonyl (C=O) groups is 1. The molecule has 1 N–H and O–H groups in total. The summed E-state index contributed by atoms with van der Waals surface area (Å²) in [5.74, 6) is 1.57. The normalized spacial score (nSPS) is 10.6. The molecule has 0 fully saturated rings. The van der Waals surface area contributed by atoms with E-state index in [4.69, 9.17) is 4.42 Å². The first kappa shape index (κ1) is 21.3. The van der Waals surface area contributed by atoms with Crippen molar-refractivity contribution in [2.45, 2.75) is 5.75 Å². The van der Waals surface area contributed by atoms with Crippen molar-refractivity contribution in [2.24, 2.45) is 0 Å². The number of amides is 1. The quantitative estimate of drug-likeness (QED) is 0.293. The minimum absolute atomic E-state index is 0.0526. The van der Waals surface area contributed by atoms with Gasteiger partial charge in [0, 0.05) is 34.7 Å². The summed E-state index contributed by atoms with van der Waals surface area (Å²) in [5.41, 5.74) is 3.24. The number of aromatic nitrogens is 2. The molecule has 0 radical (unpaired) electrons. The summed E-state index contributed by atoms with van der Waals surface area (Å²) >= 11 is 1.43. The van der Waals surface area contributed by atoms with Crippen molar-refractivity contribution < 1.29 is 14.1 Å². The van der Waals surface area contributed by atoms with Crippen molar-refractivity contribution in [3.05, 3.63) is 94.5 Å². The highest BCUT2D eigenvalue weighted by atomic mass is 32.2.